The Balaban J connectivity index is 1.75. The summed E-state index contributed by atoms with van der Waals surface area (Å²) in [6.07, 6.45) is 1.77. The SMILES string of the molecule is CCOc1ccc2nc(NCc3ccnc(C)n3)sc2c1. The van der Waals surface area contributed by atoms with Crippen LogP contribution < -0.4 is 10.1 Å². The van der Waals surface area contributed by atoms with Crippen molar-refractivity contribution in [2.75, 3.05) is 11.9 Å². The summed E-state index contributed by atoms with van der Waals surface area (Å²) < 4.78 is 6.62. The molecule has 21 heavy (non-hydrogen) atoms. The fourth-order valence-electron chi connectivity index (χ4n) is 2.01. The Morgan fingerprint density at radius 3 is 2.95 bits per heavy atom. The van der Waals surface area contributed by atoms with Crippen molar-refractivity contribution in [3.8, 4) is 5.75 Å². The molecule has 1 aromatic carbocycles. The molecule has 0 radical (unpaired) electrons. The van der Waals surface area contributed by atoms with Crippen LogP contribution in [0, 0.1) is 6.92 Å². The molecule has 0 saturated carbocycles. The first kappa shape index (κ1) is 13.8. The lowest BCUT2D eigenvalue weighted by Crippen LogP contribution is -2.02. The lowest BCUT2D eigenvalue weighted by atomic mass is 10.3. The fourth-order valence-corrected chi connectivity index (χ4v) is 2.90. The minimum Gasteiger partial charge on any atom is -0.494 e. The van der Waals surface area contributed by atoms with Crippen molar-refractivity contribution >= 4 is 26.7 Å². The number of hydrogen-bond donors (Lipinski definition) is 1. The van der Waals surface area contributed by atoms with E-state index in [0.29, 0.717) is 13.2 Å². The molecule has 0 bridgehead atoms. The summed E-state index contributed by atoms with van der Waals surface area (Å²) in [5, 5.41) is 4.19. The molecule has 0 aliphatic rings. The standard InChI is InChI=1S/C15H16N4OS/c1-3-20-12-4-5-13-14(8-12)21-15(19-13)17-9-11-6-7-16-10(2)18-11/h4-8H,3,9H2,1-2H3,(H,17,19). The Labute approximate surface area is 127 Å². The van der Waals surface area contributed by atoms with Gasteiger partial charge in [-0.15, -0.1) is 0 Å². The van der Waals surface area contributed by atoms with Gasteiger partial charge in [0.25, 0.3) is 0 Å². The van der Waals surface area contributed by atoms with Gasteiger partial charge in [-0.25, -0.2) is 15.0 Å². The maximum absolute atomic E-state index is 5.51. The Bertz CT molecular complexity index is 756. The Morgan fingerprint density at radius 1 is 1.24 bits per heavy atom. The van der Waals surface area contributed by atoms with E-state index in [-0.39, 0.29) is 0 Å². The number of nitrogens with zero attached hydrogens (tertiary/aromatic N) is 3. The zero-order valence-corrected chi connectivity index (χ0v) is 12.8. The van der Waals surface area contributed by atoms with Crippen molar-refractivity contribution < 1.29 is 4.74 Å². The minimum atomic E-state index is 0.640. The molecule has 1 N–H and O–H groups in total. The Kier molecular flexibility index (Phi) is 3.96. The molecule has 0 amide bonds. The molecule has 0 atom stereocenters. The van der Waals surface area contributed by atoms with Gasteiger partial charge in [-0.3, -0.25) is 0 Å². The predicted molar refractivity (Wildman–Crippen MR) is 84.9 cm³/mol. The molecule has 2 heterocycles. The van der Waals surface area contributed by atoms with Gasteiger partial charge in [-0.1, -0.05) is 11.3 Å². The van der Waals surface area contributed by atoms with Crippen LogP contribution >= 0.6 is 11.3 Å². The average Bonchev–Trinajstić information content (AvgIpc) is 2.88. The van der Waals surface area contributed by atoms with Gasteiger partial charge in [-0.05, 0) is 38.1 Å². The van der Waals surface area contributed by atoms with Crippen LogP contribution in [0.2, 0.25) is 0 Å². The number of nitrogens with one attached hydrogen (secondary N) is 1. The predicted octanol–water partition coefficient (Wildman–Crippen LogP) is 3.41. The molecule has 0 unspecified atom stereocenters. The highest BCUT2D eigenvalue weighted by Gasteiger charge is 2.05. The first-order valence-electron chi connectivity index (χ1n) is 6.80. The number of thiazole rings is 1. The maximum Gasteiger partial charge on any atom is 0.184 e. The number of ether oxygens (including phenoxy) is 1. The van der Waals surface area contributed by atoms with Crippen molar-refractivity contribution in [1.82, 2.24) is 15.0 Å². The molecule has 3 aromatic rings. The van der Waals surface area contributed by atoms with Gasteiger partial charge < -0.3 is 10.1 Å². The van der Waals surface area contributed by atoms with Crippen LogP contribution in [0.3, 0.4) is 0 Å². The van der Waals surface area contributed by atoms with Crippen molar-refractivity contribution in [3.63, 3.8) is 0 Å². The molecule has 2 aromatic heterocycles. The van der Waals surface area contributed by atoms with E-state index in [1.807, 2.05) is 38.1 Å². The summed E-state index contributed by atoms with van der Waals surface area (Å²) in [6, 6.07) is 7.86. The quantitative estimate of drug-likeness (QED) is 0.782. The second kappa shape index (κ2) is 6.05. The maximum atomic E-state index is 5.51. The lowest BCUT2D eigenvalue weighted by molar-refractivity contribution is 0.341. The van der Waals surface area contributed by atoms with Gasteiger partial charge in [0.2, 0.25) is 0 Å². The van der Waals surface area contributed by atoms with E-state index in [1.54, 1.807) is 17.5 Å². The number of aromatic nitrogens is 3. The Morgan fingerprint density at radius 2 is 2.14 bits per heavy atom. The van der Waals surface area contributed by atoms with Gasteiger partial charge in [0.1, 0.15) is 11.6 Å². The van der Waals surface area contributed by atoms with Crippen molar-refractivity contribution in [3.05, 3.63) is 42.0 Å². The third-order valence-corrected chi connectivity index (χ3v) is 3.90. The van der Waals surface area contributed by atoms with E-state index in [2.05, 4.69) is 20.3 Å². The van der Waals surface area contributed by atoms with Crippen LogP contribution in [0.5, 0.6) is 5.75 Å². The van der Waals surface area contributed by atoms with E-state index < -0.39 is 0 Å². The van der Waals surface area contributed by atoms with Gasteiger partial charge in [-0.2, -0.15) is 0 Å². The summed E-state index contributed by atoms with van der Waals surface area (Å²) in [5.41, 5.74) is 1.93. The Hall–Kier alpha value is -2.21. The third-order valence-electron chi connectivity index (χ3n) is 2.93. The van der Waals surface area contributed by atoms with Crippen LogP contribution in [-0.2, 0) is 6.54 Å². The normalized spacial score (nSPS) is 10.8. The highest BCUT2D eigenvalue weighted by atomic mass is 32.1. The summed E-state index contributed by atoms with van der Waals surface area (Å²) in [4.78, 5) is 13.0. The highest BCUT2D eigenvalue weighted by Crippen LogP contribution is 2.29. The van der Waals surface area contributed by atoms with Gasteiger partial charge in [0, 0.05) is 6.20 Å². The van der Waals surface area contributed by atoms with E-state index in [9.17, 15) is 0 Å². The number of fused-ring (bicyclic) bond motifs is 1. The first-order chi connectivity index (χ1) is 10.2. The molecule has 0 aliphatic carbocycles. The summed E-state index contributed by atoms with van der Waals surface area (Å²) in [6.45, 7) is 5.17. The minimum absolute atomic E-state index is 0.640. The van der Waals surface area contributed by atoms with E-state index in [0.717, 1.165) is 32.6 Å². The fraction of sp³-hybridized carbons (Fsp3) is 0.267. The molecular formula is C15H16N4OS. The van der Waals surface area contributed by atoms with Crippen LogP contribution in [0.4, 0.5) is 5.13 Å². The van der Waals surface area contributed by atoms with Crippen molar-refractivity contribution in [2.24, 2.45) is 0 Å². The van der Waals surface area contributed by atoms with Gasteiger partial charge in [0.15, 0.2) is 5.13 Å². The largest absolute Gasteiger partial charge is 0.494 e. The van der Waals surface area contributed by atoms with Crippen LogP contribution in [-0.4, -0.2) is 21.6 Å². The molecular weight excluding hydrogens is 284 g/mol. The van der Waals surface area contributed by atoms with Crippen molar-refractivity contribution in [1.29, 1.82) is 0 Å². The second-order valence-corrected chi connectivity index (χ2v) is 5.56. The number of anilines is 1. The number of rotatable bonds is 5. The molecule has 5 nitrogen and oxygen atoms in total. The molecule has 108 valence electrons. The second-order valence-electron chi connectivity index (χ2n) is 4.53. The van der Waals surface area contributed by atoms with Gasteiger partial charge in [0.05, 0.1) is 29.1 Å². The molecule has 0 aliphatic heterocycles. The number of hydrogen-bond acceptors (Lipinski definition) is 6. The van der Waals surface area contributed by atoms with E-state index in [4.69, 9.17) is 4.74 Å². The van der Waals surface area contributed by atoms with Crippen LogP contribution in [0.1, 0.15) is 18.4 Å². The zero-order valence-electron chi connectivity index (χ0n) is 12.0. The molecule has 6 heteroatoms. The topological polar surface area (TPSA) is 59.9 Å². The smallest absolute Gasteiger partial charge is 0.184 e. The number of aryl methyl sites for hydroxylation is 1. The summed E-state index contributed by atoms with van der Waals surface area (Å²) in [5.74, 6) is 1.66. The number of benzene rings is 1. The molecule has 0 fully saturated rings. The van der Waals surface area contributed by atoms with Crippen molar-refractivity contribution in [2.45, 2.75) is 20.4 Å². The highest BCUT2D eigenvalue weighted by molar-refractivity contribution is 7.22. The molecule has 3 rings (SSSR count). The lowest BCUT2D eigenvalue weighted by Gasteiger charge is -2.01. The summed E-state index contributed by atoms with van der Waals surface area (Å²) >= 11 is 1.62. The van der Waals surface area contributed by atoms with Crippen LogP contribution in [0.25, 0.3) is 10.2 Å². The average molecular weight is 300 g/mol. The molecule has 0 spiro atoms. The third kappa shape index (κ3) is 3.28. The van der Waals surface area contributed by atoms with E-state index >= 15 is 0 Å². The first-order valence-corrected chi connectivity index (χ1v) is 7.62. The monoisotopic (exact) mass is 300 g/mol. The zero-order chi connectivity index (χ0) is 14.7. The molecule has 0 saturated heterocycles. The summed E-state index contributed by atoms with van der Waals surface area (Å²) in [7, 11) is 0. The van der Waals surface area contributed by atoms with Crippen LogP contribution in [0.15, 0.2) is 30.5 Å². The van der Waals surface area contributed by atoms with E-state index in [1.165, 1.54) is 0 Å². The van der Waals surface area contributed by atoms with Gasteiger partial charge >= 0.3 is 0 Å².